The smallest absolute Gasteiger partial charge is 0.212 e. The fraction of sp³-hybridized carbons (Fsp3) is 0.0370. The molecule has 0 radical (unpaired) electrons. The maximum Gasteiger partial charge on any atom is 0.212 e. The van der Waals surface area contributed by atoms with Crippen LogP contribution in [0.25, 0.3) is 16.8 Å². The lowest BCUT2D eigenvalue weighted by molar-refractivity contribution is 0.103. The van der Waals surface area contributed by atoms with E-state index in [0.717, 1.165) is 22.6 Å². The lowest BCUT2D eigenvalue weighted by atomic mass is 10.0. The highest BCUT2D eigenvalue weighted by Crippen LogP contribution is 2.30. The normalized spacial score (nSPS) is 10.3. The Bertz CT molecular complexity index is 1420. The summed E-state index contributed by atoms with van der Waals surface area (Å²) < 4.78 is 20.9. The van der Waals surface area contributed by atoms with Gasteiger partial charge in [0.15, 0.2) is 4.73 Å². The second kappa shape index (κ2) is 11.3. The number of hydrogen-bond acceptors (Lipinski definition) is 5. The number of hydrogen-bond donors (Lipinski definition) is 0. The lowest BCUT2D eigenvalue weighted by Crippen LogP contribution is -2.01. The molecule has 0 bridgehead atoms. The largest absolute Gasteiger partial charge is 0.496 e. The minimum atomic E-state index is -0.379. The highest BCUT2D eigenvalue weighted by atomic mass is 79.9. The molecule has 174 valence electrons. The first kappa shape index (κ1) is 24.0. The molecule has 0 unspecified atom stereocenters. The number of carbonyl (C=O) groups is 1. The van der Waals surface area contributed by atoms with E-state index >= 15 is 0 Å². The van der Waals surface area contributed by atoms with Crippen molar-refractivity contribution in [2.24, 2.45) is 0 Å². The molecule has 0 aliphatic carbocycles. The quantitative estimate of drug-likeness (QED) is 0.201. The highest BCUT2D eigenvalue weighted by Gasteiger charge is 2.13. The summed E-state index contributed by atoms with van der Waals surface area (Å²) in [5.74, 6) is 0.160. The van der Waals surface area contributed by atoms with Gasteiger partial charge in [-0.3, -0.25) is 4.79 Å². The summed E-state index contributed by atoms with van der Waals surface area (Å²) in [5, 5.41) is 0. The molecule has 6 nitrogen and oxygen atoms in total. The van der Waals surface area contributed by atoms with Crippen LogP contribution in [0.2, 0.25) is 0 Å². The van der Waals surface area contributed by atoms with E-state index in [1.807, 2.05) is 48.5 Å². The number of nitrogens with zero attached hydrogens (tertiary/aromatic N) is 4. The average Bonchev–Trinajstić information content (AvgIpc) is 3.40. The number of ketones is 1. The fourth-order valence-corrected chi connectivity index (χ4v) is 3.56. The van der Waals surface area contributed by atoms with E-state index in [1.165, 1.54) is 24.3 Å². The Balaban J connectivity index is 0.000000356. The van der Waals surface area contributed by atoms with Crippen LogP contribution < -0.4 is 4.74 Å². The third kappa shape index (κ3) is 6.04. The van der Waals surface area contributed by atoms with Gasteiger partial charge in [0.2, 0.25) is 5.78 Å². The van der Waals surface area contributed by atoms with Crippen LogP contribution in [0.3, 0.4) is 0 Å². The number of carbonyl (C=O) groups excluding carboxylic acids is 1. The molecule has 0 saturated carbocycles. The molecular formula is C27H20BrFN4O2. The number of imidazole rings is 1. The van der Waals surface area contributed by atoms with Gasteiger partial charge in [-0.25, -0.2) is 19.3 Å². The first-order valence-electron chi connectivity index (χ1n) is 10.6. The number of halogens is 2. The van der Waals surface area contributed by atoms with Gasteiger partial charge in [-0.05, 0) is 70.0 Å². The number of aromatic nitrogens is 4. The molecule has 5 rings (SSSR count). The number of para-hydroxylation sites is 1. The van der Waals surface area contributed by atoms with Crippen molar-refractivity contribution in [1.29, 1.82) is 0 Å². The van der Waals surface area contributed by atoms with Gasteiger partial charge in [0.1, 0.15) is 23.6 Å². The van der Waals surface area contributed by atoms with Crippen molar-refractivity contribution in [3.63, 3.8) is 0 Å². The van der Waals surface area contributed by atoms with Crippen LogP contribution in [-0.4, -0.2) is 32.4 Å². The minimum Gasteiger partial charge on any atom is -0.496 e. The van der Waals surface area contributed by atoms with Crippen LogP contribution in [0.1, 0.15) is 16.1 Å². The maximum atomic E-state index is 13.1. The molecule has 0 amide bonds. The Morgan fingerprint density at radius 3 is 2.34 bits per heavy atom. The van der Waals surface area contributed by atoms with Gasteiger partial charge >= 0.3 is 0 Å². The van der Waals surface area contributed by atoms with Crippen molar-refractivity contribution in [1.82, 2.24) is 19.5 Å². The Kier molecular flexibility index (Phi) is 7.74. The van der Waals surface area contributed by atoms with E-state index in [4.69, 9.17) is 4.74 Å². The third-order valence-corrected chi connectivity index (χ3v) is 5.43. The molecule has 35 heavy (non-hydrogen) atoms. The number of rotatable bonds is 5. The first-order valence-corrected chi connectivity index (χ1v) is 11.3. The fourth-order valence-electron chi connectivity index (χ4n) is 3.33. The van der Waals surface area contributed by atoms with E-state index in [2.05, 4.69) is 30.9 Å². The summed E-state index contributed by atoms with van der Waals surface area (Å²) in [7, 11) is 1.64. The van der Waals surface area contributed by atoms with Crippen molar-refractivity contribution in [2.75, 3.05) is 7.11 Å². The van der Waals surface area contributed by atoms with E-state index in [1.54, 1.807) is 42.7 Å². The Hall–Kier alpha value is -4.17. The molecule has 0 aliphatic heterocycles. The van der Waals surface area contributed by atoms with E-state index in [-0.39, 0.29) is 11.6 Å². The standard InChI is InChI=1S/C23H17FN2O2.C4H3BrN2/c1-28-22-8-3-2-7-20(22)17-5-4-6-19(13-17)26-14-21(25-15-26)23(27)16-9-11-18(24)12-10-16;5-4-6-2-1-3-7-4/h2-15H,1H3;1-3H. The molecule has 0 atom stereocenters. The second-order valence-corrected chi connectivity index (χ2v) is 7.98. The summed E-state index contributed by atoms with van der Waals surface area (Å²) in [6.45, 7) is 0. The van der Waals surface area contributed by atoms with E-state index < -0.39 is 0 Å². The predicted octanol–water partition coefficient (Wildman–Crippen LogP) is 6.16. The molecule has 0 saturated heterocycles. The predicted molar refractivity (Wildman–Crippen MR) is 135 cm³/mol. The summed E-state index contributed by atoms with van der Waals surface area (Å²) in [6, 6.07) is 22.9. The zero-order valence-corrected chi connectivity index (χ0v) is 20.3. The molecule has 8 heteroatoms. The topological polar surface area (TPSA) is 69.9 Å². The summed E-state index contributed by atoms with van der Waals surface area (Å²) in [6.07, 6.45) is 6.62. The van der Waals surface area contributed by atoms with Crippen molar-refractivity contribution < 1.29 is 13.9 Å². The van der Waals surface area contributed by atoms with Crippen molar-refractivity contribution in [3.8, 4) is 22.6 Å². The first-order chi connectivity index (χ1) is 17.0. The molecule has 5 aromatic rings. The van der Waals surface area contributed by atoms with Gasteiger partial charge < -0.3 is 9.30 Å². The van der Waals surface area contributed by atoms with Gasteiger partial charge in [0.05, 0.1) is 7.11 Å². The van der Waals surface area contributed by atoms with Gasteiger partial charge in [-0.15, -0.1) is 0 Å². The zero-order chi connectivity index (χ0) is 24.6. The summed E-state index contributed by atoms with van der Waals surface area (Å²) >= 11 is 3.09. The Labute approximate surface area is 210 Å². The van der Waals surface area contributed by atoms with Crippen molar-refractivity contribution in [2.45, 2.75) is 0 Å². The van der Waals surface area contributed by atoms with Gasteiger partial charge in [0.25, 0.3) is 0 Å². The molecule has 0 fully saturated rings. The number of benzene rings is 3. The van der Waals surface area contributed by atoms with Crippen LogP contribution in [-0.2, 0) is 0 Å². The zero-order valence-electron chi connectivity index (χ0n) is 18.7. The van der Waals surface area contributed by atoms with Gasteiger partial charge in [-0.2, -0.15) is 0 Å². The SMILES string of the molecule is Brc1ncccn1.COc1ccccc1-c1cccc(-n2cnc(C(=O)c3ccc(F)cc3)c2)c1. The molecule has 0 N–H and O–H groups in total. The minimum absolute atomic E-state index is 0.250. The van der Waals surface area contributed by atoms with E-state index in [9.17, 15) is 9.18 Å². The van der Waals surface area contributed by atoms with Crippen molar-refractivity contribution >= 4 is 21.7 Å². The maximum absolute atomic E-state index is 13.1. The summed E-state index contributed by atoms with van der Waals surface area (Å²) in [4.78, 5) is 24.4. The van der Waals surface area contributed by atoms with E-state index in [0.29, 0.717) is 16.0 Å². The molecule has 0 spiro atoms. The lowest BCUT2D eigenvalue weighted by Gasteiger charge is -2.10. The van der Waals surface area contributed by atoms with Crippen molar-refractivity contribution in [3.05, 3.63) is 126 Å². The van der Waals surface area contributed by atoms with Crippen LogP contribution in [0, 0.1) is 5.82 Å². The Morgan fingerprint density at radius 2 is 1.66 bits per heavy atom. The molecule has 0 aliphatic rings. The average molecular weight is 531 g/mol. The summed E-state index contributed by atoms with van der Waals surface area (Å²) in [5.41, 5.74) is 3.54. The van der Waals surface area contributed by atoms with Gasteiger partial charge in [-0.1, -0.05) is 30.3 Å². The van der Waals surface area contributed by atoms with Crippen LogP contribution >= 0.6 is 15.9 Å². The Morgan fingerprint density at radius 1 is 0.914 bits per heavy atom. The molecule has 2 aromatic heterocycles. The molecular weight excluding hydrogens is 511 g/mol. The molecule has 2 heterocycles. The van der Waals surface area contributed by atoms with Crippen LogP contribution in [0.5, 0.6) is 5.75 Å². The van der Waals surface area contributed by atoms with Gasteiger partial charge in [0, 0.05) is 35.4 Å². The second-order valence-electron chi connectivity index (χ2n) is 7.27. The highest BCUT2D eigenvalue weighted by molar-refractivity contribution is 9.10. The van der Waals surface area contributed by atoms with Crippen LogP contribution in [0.15, 0.2) is 109 Å². The monoisotopic (exact) mass is 530 g/mol. The molecule has 3 aromatic carbocycles. The van der Waals surface area contributed by atoms with Crippen LogP contribution in [0.4, 0.5) is 4.39 Å². The number of methoxy groups -OCH3 is 1. The number of ether oxygens (including phenoxy) is 1. The third-order valence-electron chi connectivity index (χ3n) is 5.02.